The van der Waals surface area contributed by atoms with Crippen LogP contribution in [0.25, 0.3) is 0 Å². The van der Waals surface area contributed by atoms with Gasteiger partial charge in [0.25, 0.3) is 0 Å². The van der Waals surface area contributed by atoms with Crippen LogP contribution in [0.2, 0.25) is 0 Å². The van der Waals surface area contributed by atoms with E-state index in [0.29, 0.717) is 10.6 Å². The van der Waals surface area contributed by atoms with Crippen LogP contribution in [0.4, 0.5) is 5.69 Å². The normalized spacial score (nSPS) is 13.2. The molecule has 1 aromatic rings. The molecule has 1 rings (SSSR count). The molecule has 3 N–H and O–H groups in total. The van der Waals surface area contributed by atoms with Gasteiger partial charge in [0.05, 0.1) is 4.90 Å². The van der Waals surface area contributed by atoms with E-state index < -0.39 is 11.0 Å². The van der Waals surface area contributed by atoms with Crippen molar-refractivity contribution >= 4 is 16.7 Å². The zero-order valence-electron chi connectivity index (χ0n) is 7.52. The molecule has 0 saturated carbocycles. The van der Waals surface area contributed by atoms with E-state index in [-0.39, 0.29) is 5.75 Å². The van der Waals surface area contributed by atoms with Crippen LogP contribution in [0.1, 0.15) is 0 Å². The van der Waals surface area contributed by atoms with E-state index in [1.807, 2.05) is 0 Å². The lowest BCUT2D eigenvalue weighted by Crippen LogP contribution is -2.15. The fourth-order valence-electron chi connectivity index (χ4n) is 0.879. The van der Waals surface area contributed by atoms with Crippen LogP contribution in [-0.4, -0.2) is 27.7 Å². The van der Waals surface area contributed by atoms with Gasteiger partial charge >= 0.3 is 0 Å². The van der Waals surface area contributed by atoms with Crippen LogP contribution in [0.3, 0.4) is 0 Å². The molecular formula is C8H12N2O2S. The highest BCUT2D eigenvalue weighted by Gasteiger charge is 2.11. The first-order chi connectivity index (χ1) is 6.02. The van der Waals surface area contributed by atoms with E-state index in [1.165, 1.54) is 10.4 Å². The van der Waals surface area contributed by atoms with Gasteiger partial charge in [0.15, 0.2) is 0 Å². The minimum absolute atomic E-state index is 0.0352. The molecule has 1 aromatic carbocycles. The maximum atomic E-state index is 11.5. The molecule has 0 aliphatic rings. The molecule has 0 saturated heterocycles. The summed E-state index contributed by atoms with van der Waals surface area (Å²) < 4.78 is 13.0. The van der Waals surface area contributed by atoms with Crippen LogP contribution < -0.4 is 5.73 Å². The van der Waals surface area contributed by atoms with Crippen LogP contribution in [0.5, 0.6) is 5.75 Å². The lowest BCUT2D eigenvalue weighted by atomic mass is 10.3. The van der Waals surface area contributed by atoms with Gasteiger partial charge in [-0.25, -0.2) is 8.51 Å². The molecule has 4 nitrogen and oxygen atoms in total. The Hall–Kier alpha value is -1.07. The number of nitrogens with zero attached hydrogens (tertiary/aromatic N) is 1. The van der Waals surface area contributed by atoms with Crippen molar-refractivity contribution in [2.75, 3.05) is 19.8 Å². The molecule has 0 aliphatic carbocycles. The number of aromatic hydroxyl groups is 1. The van der Waals surface area contributed by atoms with Gasteiger partial charge in [-0.05, 0) is 26.2 Å². The molecule has 0 heterocycles. The number of hydrogen-bond donors (Lipinski definition) is 2. The first kappa shape index (κ1) is 10.0. The number of rotatable bonds is 2. The molecule has 0 spiro atoms. The monoisotopic (exact) mass is 200 g/mol. The number of nitrogen functional groups attached to an aromatic ring is 1. The van der Waals surface area contributed by atoms with Gasteiger partial charge < -0.3 is 10.8 Å². The van der Waals surface area contributed by atoms with Crippen molar-refractivity contribution in [3.8, 4) is 5.75 Å². The van der Waals surface area contributed by atoms with Crippen molar-refractivity contribution in [2.45, 2.75) is 4.90 Å². The fourth-order valence-corrected chi connectivity index (χ4v) is 1.69. The number of phenolic OH excluding ortho intramolecular Hbond substituents is 1. The Morgan fingerprint density at radius 3 is 2.54 bits per heavy atom. The van der Waals surface area contributed by atoms with Gasteiger partial charge in [-0.2, -0.15) is 0 Å². The number of hydrogen-bond acceptors (Lipinski definition) is 3. The molecule has 1 unspecified atom stereocenters. The van der Waals surface area contributed by atoms with Crippen molar-refractivity contribution < 1.29 is 9.32 Å². The highest BCUT2D eigenvalue weighted by atomic mass is 32.2. The van der Waals surface area contributed by atoms with Crippen molar-refractivity contribution in [1.29, 1.82) is 0 Å². The largest absolute Gasteiger partial charge is 0.507 e. The van der Waals surface area contributed by atoms with E-state index in [0.717, 1.165) is 0 Å². The maximum absolute atomic E-state index is 11.5. The minimum atomic E-state index is -1.33. The second-order valence-corrected chi connectivity index (χ2v) is 4.46. The molecule has 13 heavy (non-hydrogen) atoms. The smallest absolute Gasteiger partial charge is 0.135 e. The topological polar surface area (TPSA) is 66.6 Å². The summed E-state index contributed by atoms with van der Waals surface area (Å²) in [6, 6.07) is 4.55. The van der Waals surface area contributed by atoms with Crippen molar-refractivity contribution in [3.05, 3.63) is 18.2 Å². The lowest BCUT2D eigenvalue weighted by molar-refractivity contribution is 0.459. The molecule has 0 fully saturated rings. The van der Waals surface area contributed by atoms with Crippen molar-refractivity contribution in [2.24, 2.45) is 0 Å². The van der Waals surface area contributed by atoms with Crippen molar-refractivity contribution in [3.63, 3.8) is 0 Å². The van der Waals surface area contributed by atoms with Crippen LogP contribution >= 0.6 is 0 Å². The summed E-state index contributed by atoms with van der Waals surface area (Å²) in [5.41, 5.74) is 5.89. The van der Waals surface area contributed by atoms with Gasteiger partial charge in [-0.15, -0.1) is 0 Å². The first-order valence-corrected chi connectivity index (χ1v) is 4.80. The van der Waals surface area contributed by atoms with Crippen LogP contribution in [-0.2, 0) is 11.0 Å². The molecule has 0 aliphatic heterocycles. The average Bonchev–Trinajstić information content (AvgIpc) is 2.03. The van der Waals surface area contributed by atoms with E-state index >= 15 is 0 Å². The highest BCUT2D eigenvalue weighted by Crippen LogP contribution is 2.23. The second-order valence-electron chi connectivity index (χ2n) is 2.79. The summed E-state index contributed by atoms with van der Waals surface area (Å²) in [6.45, 7) is 0. The summed E-state index contributed by atoms with van der Waals surface area (Å²) >= 11 is 0. The Morgan fingerprint density at radius 2 is 2.08 bits per heavy atom. The third-order valence-electron chi connectivity index (χ3n) is 1.50. The van der Waals surface area contributed by atoms with Gasteiger partial charge in [0.2, 0.25) is 0 Å². The summed E-state index contributed by atoms with van der Waals surface area (Å²) in [5, 5.41) is 9.41. The Bertz CT molecular complexity index is 339. The predicted molar refractivity (Wildman–Crippen MR) is 52.6 cm³/mol. The average molecular weight is 200 g/mol. The third-order valence-corrected chi connectivity index (χ3v) is 2.89. The zero-order chi connectivity index (χ0) is 10.0. The number of benzene rings is 1. The van der Waals surface area contributed by atoms with Crippen molar-refractivity contribution in [1.82, 2.24) is 4.31 Å². The van der Waals surface area contributed by atoms with E-state index in [2.05, 4.69) is 0 Å². The predicted octanol–water partition coefficient (Wildman–Crippen LogP) is 0.559. The number of phenols is 1. The van der Waals surface area contributed by atoms with Crippen LogP contribution in [0, 0.1) is 0 Å². The third kappa shape index (κ3) is 2.19. The molecule has 72 valence electrons. The van der Waals surface area contributed by atoms with E-state index in [9.17, 15) is 9.32 Å². The molecular weight excluding hydrogens is 188 g/mol. The molecule has 0 aromatic heterocycles. The number of nitrogens with two attached hydrogens (primary N) is 1. The summed E-state index contributed by atoms with van der Waals surface area (Å²) in [4.78, 5) is 0.374. The van der Waals surface area contributed by atoms with Gasteiger partial charge in [-0.1, -0.05) is 0 Å². The SMILES string of the molecule is CN(C)S(=O)c1ccc(N)cc1O. The molecule has 0 bridgehead atoms. The molecule has 0 radical (unpaired) electrons. The Balaban J connectivity index is 3.09. The Kier molecular flexibility index (Phi) is 2.90. The lowest BCUT2D eigenvalue weighted by Gasteiger charge is -2.10. The molecule has 5 heteroatoms. The van der Waals surface area contributed by atoms with Gasteiger partial charge in [0.1, 0.15) is 16.7 Å². The van der Waals surface area contributed by atoms with E-state index in [4.69, 9.17) is 5.73 Å². The maximum Gasteiger partial charge on any atom is 0.135 e. The van der Waals surface area contributed by atoms with Gasteiger partial charge in [0, 0.05) is 11.8 Å². The molecule has 0 amide bonds. The Morgan fingerprint density at radius 1 is 1.46 bits per heavy atom. The fraction of sp³-hybridized carbons (Fsp3) is 0.250. The van der Waals surface area contributed by atoms with E-state index in [1.54, 1.807) is 26.2 Å². The standard InChI is InChI=1S/C8H12N2O2S/c1-10(2)13(12)8-4-3-6(9)5-7(8)11/h3-5,11H,9H2,1-2H3. The summed E-state index contributed by atoms with van der Waals surface area (Å²) in [6.07, 6.45) is 0. The Labute approximate surface area is 79.6 Å². The quantitative estimate of drug-likeness (QED) is 0.685. The zero-order valence-corrected chi connectivity index (χ0v) is 8.34. The second kappa shape index (κ2) is 3.76. The first-order valence-electron chi connectivity index (χ1n) is 3.70. The summed E-state index contributed by atoms with van der Waals surface area (Å²) in [7, 11) is 2.02. The minimum Gasteiger partial charge on any atom is -0.507 e. The van der Waals surface area contributed by atoms with Gasteiger partial charge in [-0.3, -0.25) is 0 Å². The number of anilines is 1. The molecule has 1 atom stereocenters. The summed E-state index contributed by atoms with van der Waals surface area (Å²) in [5.74, 6) is -0.0352. The highest BCUT2D eigenvalue weighted by molar-refractivity contribution is 7.82. The van der Waals surface area contributed by atoms with Crippen LogP contribution in [0.15, 0.2) is 23.1 Å².